The van der Waals surface area contributed by atoms with Gasteiger partial charge in [0.2, 0.25) is 0 Å². The summed E-state index contributed by atoms with van der Waals surface area (Å²) in [6, 6.07) is 0.290. The van der Waals surface area contributed by atoms with Crippen LogP contribution in [-0.2, 0) is 0 Å². The lowest BCUT2D eigenvalue weighted by molar-refractivity contribution is 0.261. The van der Waals surface area contributed by atoms with Crippen molar-refractivity contribution in [3.63, 3.8) is 0 Å². The number of rotatable bonds is 2. The summed E-state index contributed by atoms with van der Waals surface area (Å²) in [7, 11) is 0. The van der Waals surface area contributed by atoms with Crippen molar-refractivity contribution in [3.05, 3.63) is 0 Å². The zero-order valence-corrected chi connectivity index (χ0v) is 8.26. The Morgan fingerprint density at radius 1 is 1.23 bits per heavy atom. The van der Waals surface area contributed by atoms with Crippen molar-refractivity contribution in [2.24, 2.45) is 17.1 Å². The molecule has 2 rings (SSSR count). The molecule has 2 aliphatic carbocycles. The maximum Gasteiger partial charge on any atom is 0.0466 e. The molecule has 0 spiro atoms. The van der Waals surface area contributed by atoms with Crippen molar-refractivity contribution in [2.45, 2.75) is 51.0 Å². The van der Waals surface area contributed by atoms with Gasteiger partial charge in [-0.1, -0.05) is 25.2 Å². The van der Waals surface area contributed by atoms with Gasteiger partial charge in [0.15, 0.2) is 0 Å². The third kappa shape index (κ3) is 1.60. The largest absolute Gasteiger partial charge is 0.326 e. The second-order valence-corrected chi connectivity index (χ2v) is 4.72. The van der Waals surface area contributed by atoms with Gasteiger partial charge in [0, 0.05) is 11.5 Å². The topological polar surface area (TPSA) is 26.0 Å². The van der Waals surface area contributed by atoms with Crippen LogP contribution in [-0.4, -0.2) is 6.04 Å². The van der Waals surface area contributed by atoms with Gasteiger partial charge in [-0.15, -0.1) is 6.42 Å². The number of hydrogen-bond donors (Lipinski definition) is 1. The van der Waals surface area contributed by atoms with Gasteiger partial charge in [-0.05, 0) is 31.6 Å². The first-order valence-corrected chi connectivity index (χ1v) is 5.52. The zero-order chi connectivity index (χ0) is 9.31. The van der Waals surface area contributed by atoms with Crippen LogP contribution in [0.1, 0.15) is 44.9 Å². The van der Waals surface area contributed by atoms with Gasteiger partial charge in [0.05, 0.1) is 0 Å². The molecular formula is C12H19N. The van der Waals surface area contributed by atoms with Crippen molar-refractivity contribution < 1.29 is 0 Å². The van der Waals surface area contributed by atoms with Gasteiger partial charge in [0.25, 0.3) is 0 Å². The van der Waals surface area contributed by atoms with Gasteiger partial charge < -0.3 is 5.73 Å². The molecule has 0 unspecified atom stereocenters. The van der Waals surface area contributed by atoms with E-state index in [0.717, 1.165) is 0 Å². The monoisotopic (exact) mass is 177 g/mol. The molecule has 13 heavy (non-hydrogen) atoms. The minimum Gasteiger partial charge on any atom is -0.326 e. The van der Waals surface area contributed by atoms with Crippen LogP contribution in [0.15, 0.2) is 0 Å². The van der Waals surface area contributed by atoms with E-state index >= 15 is 0 Å². The second-order valence-electron chi connectivity index (χ2n) is 4.72. The highest BCUT2D eigenvalue weighted by molar-refractivity contribution is 5.20. The highest BCUT2D eigenvalue weighted by Crippen LogP contribution is 2.51. The molecule has 1 atom stereocenters. The summed E-state index contributed by atoms with van der Waals surface area (Å²) in [5, 5.41) is 0. The van der Waals surface area contributed by atoms with E-state index in [1.807, 2.05) is 0 Å². The first-order chi connectivity index (χ1) is 6.28. The zero-order valence-electron chi connectivity index (χ0n) is 8.26. The summed E-state index contributed by atoms with van der Waals surface area (Å²) < 4.78 is 0. The molecule has 1 nitrogen and oxygen atoms in total. The summed E-state index contributed by atoms with van der Waals surface area (Å²) in [4.78, 5) is 0. The Hall–Kier alpha value is -0.480. The number of terminal acetylenes is 1. The molecule has 2 N–H and O–H groups in total. The van der Waals surface area contributed by atoms with Crippen molar-refractivity contribution in [1.82, 2.24) is 0 Å². The fourth-order valence-corrected chi connectivity index (χ4v) is 2.65. The Balaban J connectivity index is 1.96. The molecule has 0 aliphatic heterocycles. The molecule has 2 fully saturated rings. The molecular weight excluding hydrogens is 158 g/mol. The molecule has 0 aromatic carbocycles. The first-order valence-electron chi connectivity index (χ1n) is 5.52. The highest BCUT2D eigenvalue weighted by atomic mass is 14.7. The maximum atomic E-state index is 6.26. The van der Waals surface area contributed by atoms with Crippen LogP contribution in [0.2, 0.25) is 0 Å². The molecule has 0 bridgehead atoms. The van der Waals surface area contributed by atoms with Gasteiger partial charge in [0.1, 0.15) is 0 Å². The summed E-state index contributed by atoms with van der Waals surface area (Å²) in [6.07, 6.45) is 14.6. The fraction of sp³-hybridized carbons (Fsp3) is 0.833. The molecule has 0 amide bonds. The molecule has 1 heteroatoms. The predicted molar refractivity (Wildman–Crippen MR) is 55.1 cm³/mol. The SMILES string of the molecule is C#CC1([C@H](N)C2CCCCC2)CC1. The van der Waals surface area contributed by atoms with Crippen LogP contribution < -0.4 is 5.73 Å². The molecule has 2 aliphatic rings. The van der Waals surface area contributed by atoms with Gasteiger partial charge in [-0.25, -0.2) is 0 Å². The van der Waals surface area contributed by atoms with Crippen LogP contribution in [0.4, 0.5) is 0 Å². The van der Waals surface area contributed by atoms with E-state index in [0.29, 0.717) is 5.92 Å². The minimum absolute atomic E-state index is 0.113. The molecule has 0 radical (unpaired) electrons. The van der Waals surface area contributed by atoms with Gasteiger partial charge in [-0.2, -0.15) is 0 Å². The molecule has 0 aromatic heterocycles. The second kappa shape index (κ2) is 3.35. The Morgan fingerprint density at radius 3 is 2.31 bits per heavy atom. The summed E-state index contributed by atoms with van der Waals surface area (Å²) in [6.45, 7) is 0. The van der Waals surface area contributed by atoms with E-state index in [2.05, 4.69) is 5.92 Å². The van der Waals surface area contributed by atoms with Crippen molar-refractivity contribution in [3.8, 4) is 12.3 Å². The lowest BCUT2D eigenvalue weighted by Crippen LogP contribution is -2.39. The van der Waals surface area contributed by atoms with E-state index in [1.54, 1.807) is 0 Å². The lowest BCUT2D eigenvalue weighted by atomic mass is 9.78. The average Bonchev–Trinajstić information content (AvgIpc) is 2.99. The Bertz CT molecular complexity index is 216. The van der Waals surface area contributed by atoms with Crippen molar-refractivity contribution in [2.75, 3.05) is 0 Å². The van der Waals surface area contributed by atoms with Crippen molar-refractivity contribution in [1.29, 1.82) is 0 Å². The van der Waals surface area contributed by atoms with E-state index in [4.69, 9.17) is 12.2 Å². The maximum absolute atomic E-state index is 6.26. The van der Waals surface area contributed by atoms with E-state index in [-0.39, 0.29) is 11.5 Å². The third-order valence-electron chi connectivity index (χ3n) is 3.87. The number of hydrogen-bond acceptors (Lipinski definition) is 1. The molecule has 72 valence electrons. The summed E-state index contributed by atoms with van der Waals surface area (Å²) in [5.74, 6) is 3.64. The highest BCUT2D eigenvalue weighted by Gasteiger charge is 2.48. The molecule has 0 saturated heterocycles. The van der Waals surface area contributed by atoms with Crippen LogP contribution in [0.25, 0.3) is 0 Å². The van der Waals surface area contributed by atoms with Crippen LogP contribution in [0, 0.1) is 23.7 Å². The van der Waals surface area contributed by atoms with E-state index in [9.17, 15) is 0 Å². The molecule has 0 heterocycles. The van der Waals surface area contributed by atoms with Crippen LogP contribution in [0.3, 0.4) is 0 Å². The minimum atomic E-state index is 0.113. The Morgan fingerprint density at radius 2 is 1.85 bits per heavy atom. The Labute approximate surface area is 81.1 Å². The average molecular weight is 177 g/mol. The number of nitrogens with two attached hydrogens (primary N) is 1. The summed E-state index contributed by atoms with van der Waals surface area (Å²) in [5.41, 5.74) is 6.37. The quantitative estimate of drug-likeness (QED) is 0.644. The summed E-state index contributed by atoms with van der Waals surface area (Å²) >= 11 is 0. The predicted octanol–water partition coefficient (Wildman–Crippen LogP) is 2.31. The van der Waals surface area contributed by atoms with E-state index in [1.165, 1.54) is 44.9 Å². The van der Waals surface area contributed by atoms with Crippen LogP contribution in [0.5, 0.6) is 0 Å². The molecule has 0 aromatic rings. The standard InChI is InChI=1S/C12H19N/c1-2-12(8-9-12)11(13)10-6-4-3-5-7-10/h1,10-11H,3-9,13H2/t11-/m1/s1. The molecule has 2 saturated carbocycles. The van der Waals surface area contributed by atoms with E-state index < -0.39 is 0 Å². The first kappa shape index (κ1) is 9.09. The van der Waals surface area contributed by atoms with Gasteiger partial charge in [-0.3, -0.25) is 0 Å². The third-order valence-corrected chi connectivity index (χ3v) is 3.87. The van der Waals surface area contributed by atoms with Gasteiger partial charge >= 0.3 is 0 Å². The van der Waals surface area contributed by atoms with Crippen LogP contribution >= 0.6 is 0 Å². The smallest absolute Gasteiger partial charge is 0.0466 e. The Kier molecular flexibility index (Phi) is 2.34. The fourth-order valence-electron chi connectivity index (χ4n) is 2.65. The normalized spacial score (nSPS) is 29.2. The lowest BCUT2D eigenvalue weighted by Gasteiger charge is -2.31. The van der Waals surface area contributed by atoms with Crippen molar-refractivity contribution >= 4 is 0 Å².